The third-order valence-electron chi connectivity index (χ3n) is 6.14. The van der Waals surface area contributed by atoms with Crippen LogP contribution in [-0.4, -0.2) is 78.8 Å². The van der Waals surface area contributed by atoms with Gasteiger partial charge >= 0.3 is 0 Å². The van der Waals surface area contributed by atoms with E-state index >= 15 is 0 Å². The molecule has 1 aliphatic heterocycles. The molecule has 1 aromatic rings. The van der Waals surface area contributed by atoms with Crippen LogP contribution in [0.25, 0.3) is 0 Å². The van der Waals surface area contributed by atoms with Gasteiger partial charge in [0.05, 0.1) is 6.54 Å². The van der Waals surface area contributed by atoms with Crippen LogP contribution in [-0.2, 0) is 16.1 Å². The minimum absolute atomic E-state index is 0.0594. The van der Waals surface area contributed by atoms with Gasteiger partial charge in [0.1, 0.15) is 0 Å². The maximum atomic E-state index is 13.1. The maximum absolute atomic E-state index is 13.1. The van der Waals surface area contributed by atoms with E-state index in [4.69, 9.17) is 0 Å². The van der Waals surface area contributed by atoms with Gasteiger partial charge in [0, 0.05) is 56.3 Å². The number of allylic oxidation sites excluding steroid dienone is 1. The van der Waals surface area contributed by atoms with Crippen LogP contribution in [0.3, 0.4) is 0 Å². The number of amides is 3. The zero-order valence-electron chi connectivity index (χ0n) is 19.7. The van der Waals surface area contributed by atoms with Gasteiger partial charge < -0.3 is 20.0 Å². The molecule has 0 atom stereocenters. The van der Waals surface area contributed by atoms with E-state index in [2.05, 4.69) is 28.6 Å². The molecule has 9 heteroatoms. The van der Waals surface area contributed by atoms with Gasteiger partial charge in [0.15, 0.2) is 0 Å². The van der Waals surface area contributed by atoms with Crippen LogP contribution in [0, 0.1) is 0 Å². The first-order valence-electron chi connectivity index (χ1n) is 11.5. The van der Waals surface area contributed by atoms with E-state index in [0.29, 0.717) is 62.7 Å². The second-order valence-electron chi connectivity index (χ2n) is 8.19. The summed E-state index contributed by atoms with van der Waals surface area (Å²) in [7, 11) is 1.60. The fraction of sp³-hybridized carbons (Fsp3) is 0.400. The highest BCUT2D eigenvalue weighted by molar-refractivity contribution is 5.95. The summed E-state index contributed by atoms with van der Waals surface area (Å²) in [4.78, 5) is 50.8. The third kappa shape index (κ3) is 5.78. The predicted molar refractivity (Wildman–Crippen MR) is 132 cm³/mol. The smallest absolute Gasteiger partial charge is 0.253 e. The van der Waals surface area contributed by atoms with Gasteiger partial charge in [0.2, 0.25) is 18.3 Å². The first kappa shape index (κ1) is 24.9. The first-order valence-corrected chi connectivity index (χ1v) is 11.5. The monoisotopic (exact) mass is 464 g/mol. The van der Waals surface area contributed by atoms with Crippen molar-refractivity contribution in [3.63, 3.8) is 0 Å². The SMILES string of the molecule is C=CN=C(N=C)N1CCN(C(=O)c2cccc(CN(C=O)C3=C(C(=O)NC)CCCC3)c2)CC1. The number of piperazine rings is 1. The number of nitrogens with one attached hydrogen (secondary N) is 1. The third-order valence-corrected chi connectivity index (χ3v) is 6.14. The van der Waals surface area contributed by atoms with Crippen molar-refractivity contribution in [3.05, 3.63) is 59.4 Å². The lowest BCUT2D eigenvalue weighted by molar-refractivity contribution is -0.118. The highest BCUT2D eigenvalue weighted by Crippen LogP contribution is 2.28. The van der Waals surface area contributed by atoms with Crippen LogP contribution in [0.15, 0.2) is 58.3 Å². The molecule has 1 N–H and O–H groups in total. The summed E-state index contributed by atoms with van der Waals surface area (Å²) in [6, 6.07) is 7.33. The van der Waals surface area contributed by atoms with E-state index in [9.17, 15) is 14.4 Å². The number of rotatable bonds is 7. The second kappa shape index (κ2) is 11.9. The average Bonchev–Trinajstić information content (AvgIpc) is 2.89. The van der Waals surface area contributed by atoms with Crippen molar-refractivity contribution >= 4 is 30.9 Å². The highest BCUT2D eigenvalue weighted by atomic mass is 16.2. The topological polar surface area (TPSA) is 97.7 Å². The molecular weight excluding hydrogens is 432 g/mol. The molecule has 34 heavy (non-hydrogen) atoms. The zero-order chi connectivity index (χ0) is 24.5. The van der Waals surface area contributed by atoms with Crippen molar-refractivity contribution in [2.45, 2.75) is 32.2 Å². The molecule has 9 nitrogen and oxygen atoms in total. The van der Waals surface area contributed by atoms with E-state index < -0.39 is 0 Å². The van der Waals surface area contributed by atoms with Crippen molar-refractivity contribution in [3.8, 4) is 0 Å². The van der Waals surface area contributed by atoms with Gasteiger partial charge in [-0.25, -0.2) is 9.98 Å². The number of hydrogen-bond donors (Lipinski definition) is 1. The average molecular weight is 465 g/mol. The van der Waals surface area contributed by atoms with E-state index in [1.807, 2.05) is 23.1 Å². The highest BCUT2D eigenvalue weighted by Gasteiger charge is 2.25. The molecular formula is C25H32N6O3. The molecule has 1 fully saturated rings. The van der Waals surface area contributed by atoms with Crippen LogP contribution in [0.1, 0.15) is 41.6 Å². The first-order chi connectivity index (χ1) is 16.5. The summed E-state index contributed by atoms with van der Waals surface area (Å²) in [5.41, 5.74) is 2.84. The Hall–Kier alpha value is -3.75. The molecule has 180 valence electrons. The second-order valence-corrected chi connectivity index (χ2v) is 8.19. The van der Waals surface area contributed by atoms with Crippen molar-refractivity contribution < 1.29 is 14.4 Å². The Labute approximate surface area is 200 Å². The molecule has 1 heterocycles. The van der Waals surface area contributed by atoms with Gasteiger partial charge in [-0.2, -0.15) is 0 Å². The van der Waals surface area contributed by atoms with Crippen LogP contribution in [0.2, 0.25) is 0 Å². The number of guanidine groups is 1. The summed E-state index contributed by atoms with van der Waals surface area (Å²) >= 11 is 0. The quantitative estimate of drug-likeness (QED) is 0.380. The molecule has 3 rings (SSSR count). The molecule has 1 aliphatic carbocycles. The molecule has 3 amide bonds. The summed E-state index contributed by atoms with van der Waals surface area (Å²) in [5.74, 6) is 0.305. The Balaban J connectivity index is 1.71. The van der Waals surface area contributed by atoms with Crippen LogP contribution in [0.4, 0.5) is 0 Å². The van der Waals surface area contributed by atoms with Crippen molar-refractivity contribution in [2.24, 2.45) is 9.98 Å². The Kier molecular flexibility index (Phi) is 8.73. The van der Waals surface area contributed by atoms with E-state index in [0.717, 1.165) is 30.5 Å². The lowest BCUT2D eigenvalue weighted by atomic mass is 9.94. The largest absolute Gasteiger partial charge is 0.355 e. The molecule has 0 spiro atoms. The summed E-state index contributed by atoms with van der Waals surface area (Å²) in [6.45, 7) is 9.73. The molecule has 0 radical (unpaired) electrons. The van der Waals surface area contributed by atoms with Crippen LogP contribution >= 0.6 is 0 Å². The molecule has 2 aliphatic rings. The molecule has 0 aromatic heterocycles. The fourth-order valence-corrected chi connectivity index (χ4v) is 4.39. The number of hydrogen-bond acceptors (Lipinski definition) is 4. The number of carbonyl (C=O) groups excluding carboxylic acids is 3. The summed E-state index contributed by atoms with van der Waals surface area (Å²) < 4.78 is 0. The Morgan fingerprint density at radius 1 is 1.15 bits per heavy atom. The van der Waals surface area contributed by atoms with Gasteiger partial charge in [-0.3, -0.25) is 14.4 Å². The van der Waals surface area contributed by atoms with Crippen molar-refractivity contribution in [1.29, 1.82) is 0 Å². The molecule has 0 unspecified atom stereocenters. The summed E-state index contributed by atoms with van der Waals surface area (Å²) in [5, 5.41) is 2.67. The van der Waals surface area contributed by atoms with Gasteiger partial charge in [0.25, 0.3) is 5.91 Å². The molecule has 0 saturated carbocycles. The number of nitrogens with zero attached hydrogens (tertiary/aromatic N) is 5. The molecule has 1 saturated heterocycles. The Morgan fingerprint density at radius 2 is 1.85 bits per heavy atom. The normalized spacial score (nSPS) is 16.7. The number of benzene rings is 1. The molecule has 1 aromatic carbocycles. The lowest BCUT2D eigenvalue weighted by Gasteiger charge is -2.35. The fourth-order valence-electron chi connectivity index (χ4n) is 4.39. The standard InChI is InChI=1S/C25H32N6O3/c1-4-28-25(27-3)30-14-12-29(13-15-30)24(34)20-9-7-8-19(16-20)17-31(18-32)22-11-6-5-10-21(22)23(33)26-2/h4,7-9,16,18H,1,3,5-6,10-15,17H2,2H3,(H,26,33). The Bertz CT molecular complexity index is 1010. The lowest BCUT2D eigenvalue weighted by Crippen LogP contribution is -2.50. The van der Waals surface area contributed by atoms with E-state index in [1.165, 1.54) is 6.20 Å². The summed E-state index contributed by atoms with van der Waals surface area (Å²) in [6.07, 6.45) is 5.40. The van der Waals surface area contributed by atoms with Crippen molar-refractivity contribution in [2.75, 3.05) is 33.2 Å². The maximum Gasteiger partial charge on any atom is 0.253 e. The van der Waals surface area contributed by atoms with Gasteiger partial charge in [-0.15, -0.1) is 0 Å². The van der Waals surface area contributed by atoms with E-state index in [1.54, 1.807) is 22.9 Å². The minimum atomic E-state index is -0.141. The molecule has 0 bridgehead atoms. The minimum Gasteiger partial charge on any atom is -0.355 e. The van der Waals surface area contributed by atoms with E-state index in [-0.39, 0.29) is 11.8 Å². The predicted octanol–water partition coefficient (Wildman–Crippen LogP) is 2.18. The number of aliphatic imine (C=N–C) groups is 2. The van der Waals surface area contributed by atoms with Crippen molar-refractivity contribution in [1.82, 2.24) is 20.0 Å². The van der Waals surface area contributed by atoms with Crippen LogP contribution < -0.4 is 5.32 Å². The van der Waals surface area contributed by atoms with Gasteiger partial charge in [-0.05, 0) is 50.1 Å². The number of likely N-dealkylation sites (N-methyl/N-ethyl adjacent to an activating group) is 1. The Morgan fingerprint density at radius 3 is 2.50 bits per heavy atom. The number of carbonyl (C=O) groups is 3. The van der Waals surface area contributed by atoms with Crippen LogP contribution in [0.5, 0.6) is 0 Å². The zero-order valence-corrected chi connectivity index (χ0v) is 19.7. The van der Waals surface area contributed by atoms with Gasteiger partial charge in [-0.1, -0.05) is 18.7 Å².